The predicted molar refractivity (Wildman–Crippen MR) is 68.2 cm³/mol. The number of nitrogens with one attached hydrogen (secondary N) is 1. The average molecular weight is 257 g/mol. The first-order valence-corrected chi connectivity index (χ1v) is 6.43. The number of halogens is 2. The van der Waals surface area contributed by atoms with Crippen molar-refractivity contribution in [2.75, 3.05) is 13.2 Å². The topological polar surface area (TPSA) is 32.3 Å². The summed E-state index contributed by atoms with van der Waals surface area (Å²) in [5.41, 5.74) is 0.0803. The molecule has 0 saturated carbocycles. The normalized spacial score (nSPS) is 12.7. The molecule has 4 heteroatoms. The van der Waals surface area contributed by atoms with E-state index in [9.17, 15) is 8.78 Å². The van der Waals surface area contributed by atoms with Crippen LogP contribution in [0.2, 0.25) is 0 Å². The predicted octanol–water partition coefficient (Wildman–Crippen LogP) is 2.85. The molecule has 0 aliphatic rings. The molecule has 0 saturated heterocycles. The molecule has 0 aliphatic carbocycles. The molecule has 1 aromatic carbocycles. The molecule has 0 fully saturated rings. The Balaban J connectivity index is 2.44. The van der Waals surface area contributed by atoms with Crippen LogP contribution in [0.5, 0.6) is 0 Å². The fourth-order valence-electron chi connectivity index (χ4n) is 2.04. The Kier molecular flexibility index (Phi) is 6.83. The zero-order valence-corrected chi connectivity index (χ0v) is 10.8. The maximum absolute atomic E-state index is 13.4. The van der Waals surface area contributed by atoms with E-state index in [1.54, 1.807) is 0 Å². The Hall–Kier alpha value is -1.00. The van der Waals surface area contributed by atoms with Gasteiger partial charge in [0.05, 0.1) is 0 Å². The van der Waals surface area contributed by atoms with E-state index in [0.29, 0.717) is 12.5 Å². The Morgan fingerprint density at radius 3 is 2.44 bits per heavy atom. The average Bonchev–Trinajstić information content (AvgIpc) is 2.33. The quantitative estimate of drug-likeness (QED) is 0.750. The van der Waals surface area contributed by atoms with E-state index in [-0.39, 0.29) is 18.7 Å². The number of rotatable bonds is 8. The van der Waals surface area contributed by atoms with Crippen molar-refractivity contribution >= 4 is 0 Å². The summed E-state index contributed by atoms with van der Waals surface area (Å²) in [6.07, 6.45) is 2.77. The number of benzene rings is 1. The lowest BCUT2D eigenvalue weighted by atomic mass is 10.00. The minimum absolute atomic E-state index is 0.0803. The zero-order chi connectivity index (χ0) is 13.4. The summed E-state index contributed by atoms with van der Waals surface area (Å²) in [6.45, 7) is 3.09. The van der Waals surface area contributed by atoms with Gasteiger partial charge < -0.3 is 10.4 Å². The van der Waals surface area contributed by atoms with Crippen LogP contribution in [-0.2, 0) is 6.54 Å². The molecule has 0 aliphatic heterocycles. The molecule has 1 rings (SSSR count). The van der Waals surface area contributed by atoms with Gasteiger partial charge in [0.25, 0.3) is 0 Å². The van der Waals surface area contributed by atoms with E-state index in [1.165, 1.54) is 18.2 Å². The Bertz CT molecular complexity index is 331. The lowest BCUT2D eigenvalue weighted by molar-refractivity contribution is 0.247. The molecular formula is C14H21F2NO. The van der Waals surface area contributed by atoms with Crippen LogP contribution in [0.25, 0.3) is 0 Å². The Morgan fingerprint density at radius 1 is 1.22 bits per heavy atom. The summed E-state index contributed by atoms with van der Waals surface area (Å²) in [5.74, 6) is -0.678. The third-order valence-electron chi connectivity index (χ3n) is 3.03. The van der Waals surface area contributed by atoms with Gasteiger partial charge in [-0.1, -0.05) is 19.4 Å². The van der Waals surface area contributed by atoms with E-state index < -0.39 is 11.6 Å². The molecule has 0 aromatic heterocycles. The highest BCUT2D eigenvalue weighted by Gasteiger charge is 2.10. The van der Waals surface area contributed by atoms with Crippen molar-refractivity contribution in [3.8, 4) is 0 Å². The lowest BCUT2D eigenvalue weighted by Crippen LogP contribution is -2.24. The second-order valence-corrected chi connectivity index (χ2v) is 4.50. The largest absolute Gasteiger partial charge is 0.396 e. The highest BCUT2D eigenvalue weighted by molar-refractivity contribution is 5.19. The summed E-state index contributed by atoms with van der Waals surface area (Å²) in [7, 11) is 0. The number of aliphatic hydroxyl groups is 1. The maximum atomic E-state index is 13.4. The minimum Gasteiger partial charge on any atom is -0.396 e. The molecule has 0 radical (unpaired) electrons. The molecule has 18 heavy (non-hydrogen) atoms. The first-order valence-electron chi connectivity index (χ1n) is 6.43. The zero-order valence-electron chi connectivity index (χ0n) is 10.8. The molecule has 1 aromatic rings. The van der Waals surface area contributed by atoms with Crippen molar-refractivity contribution < 1.29 is 13.9 Å². The van der Waals surface area contributed by atoms with Gasteiger partial charge in [-0.2, -0.15) is 0 Å². The fourth-order valence-corrected chi connectivity index (χ4v) is 2.04. The minimum atomic E-state index is -0.517. The van der Waals surface area contributed by atoms with E-state index in [1.807, 2.05) is 0 Å². The van der Waals surface area contributed by atoms with Crippen LogP contribution in [0.15, 0.2) is 18.2 Å². The van der Waals surface area contributed by atoms with Crippen LogP contribution in [0.4, 0.5) is 8.78 Å². The van der Waals surface area contributed by atoms with Crippen molar-refractivity contribution in [2.24, 2.45) is 5.92 Å². The van der Waals surface area contributed by atoms with Crippen molar-refractivity contribution in [2.45, 2.75) is 32.7 Å². The van der Waals surface area contributed by atoms with Gasteiger partial charge in [0.15, 0.2) is 0 Å². The number of hydrogen-bond donors (Lipinski definition) is 2. The van der Waals surface area contributed by atoms with Gasteiger partial charge in [-0.3, -0.25) is 0 Å². The second-order valence-electron chi connectivity index (χ2n) is 4.50. The van der Waals surface area contributed by atoms with Crippen LogP contribution in [0, 0.1) is 17.6 Å². The highest BCUT2D eigenvalue weighted by Crippen LogP contribution is 2.13. The van der Waals surface area contributed by atoms with Gasteiger partial charge in [-0.05, 0) is 37.4 Å². The Labute approximate surface area is 107 Å². The summed E-state index contributed by atoms with van der Waals surface area (Å²) in [6, 6.07) is 3.88. The molecule has 0 amide bonds. The van der Waals surface area contributed by atoms with Crippen LogP contribution in [0.1, 0.15) is 31.7 Å². The summed E-state index contributed by atoms with van der Waals surface area (Å²) < 4.78 is 26.7. The molecule has 0 bridgehead atoms. The first kappa shape index (κ1) is 15.1. The third kappa shape index (κ3) is 4.70. The van der Waals surface area contributed by atoms with E-state index in [0.717, 1.165) is 19.3 Å². The standard InChI is InChI=1S/C14H21F2NO/c1-2-4-11(7-8-18)9-17-10-12-13(15)5-3-6-14(12)16/h3,5-6,11,17-18H,2,4,7-10H2,1H3. The van der Waals surface area contributed by atoms with Gasteiger partial charge >= 0.3 is 0 Å². The summed E-state index contributed by atoms with van der Waals surface area (Å²) in [4.78, 5) is 0. The van der Waals surface area contributed by atoms with Crippen LogP contribution in [0.3, 0.4) is 0 Å². The van der Waals surface area contributed by atoms with E-state index in [4.69, 9.17) is 5.11 Å². The lowest BCUT2D eigenvalue weighted by Gasteiger charge is -2.16. The van der Waals surface area contributed by atoms with Crippen LogP contribution in [-0.4, -0.2) is 18.3 Å². The van der Waals surface area contributed by atoms with Crippen molar-refractivity contribution in [3.05, 3.63) is 35.4 Å². The van der Waals surface area contributed by atoms with Gasteiger partial charge in [-0.15, -0.1) is 0 Å². The smallest absolute Gasteiger partial charge is 0.130 e. The molecule has 0 heterocycles. The van der Waals surface area contributed by atoms with Crippen LogP contribution >= 0.6 is 0 Å². The van der Waals surface area contributed by atoms with E-state index >= 15 is 0 Å². The molecule has 2 nitrogen and oxygen atoms in total. The molecule has 1 atom stereocenters. The highest BCUT2D eigenvalue weighted by atomic mass is 19.1. The summed E-state index contributed by atoms with van der Waals surface area (Å²) >= 11 is 0. The molecule has 1 unspecified atom stereocenters. The molecule has 0 spiro atoms. The van der Waals surface area contributed by atoms with Crippen molar-refractivity contribution in [1.82, 2.24) is 5.32 Å². The van der Waals surface area contributed by atoms with Crippen molar-refractivity contribution in [3.63, 3.8) is 0 Å². The van der Waals surface area contributed by atoms with E-state index in [2.05, 4.69) is 12.2 Å². The van der Waals surface area contributed by atoms with Gasteiger partial charge in [0, 0.05) is 18.7 Å². The molecule has 2 N–H and O–H groups in total. The monoisotopic (exact) mass is 257 g/mol. The number of aliphatic hydroxyl groups excluding tert-OH is 1. The maximum Gasteiger partial charge on any atom is 0.130 e. The second kappa shape index (κ2) is 8.16. The third-order valence-corrected chi connectivity index (χ3v) is 3.03. The summed E-state index contributed by atoms with van der Waals surface area (Å²) in [5, 5.41) is 12.0. The SMILES string of the molecule is CCCC(CCO)CNCc1c(F)cccc1F. The molecule has 102 valence electrons. The molecular weight excluding hydrogens is 236 g/mol. The first-order chi connectivity index (χ1) is 8.69. The number of hydrogen-bond acceptors (Lipinski definition) is 2. The fraction of sp³-hybridized carbons (Fsp3) is 0.571. The Morgan fingerprint density at radius 2 is 1.89 bits per heavy atom. The van der Waals surface area contributed by atoms with Gasteiger partial charge in [0.1, 0.15) is 11.6 Å². The van der Waals surface area contributed by atoms with Gasteiger partial charge in [0.2, 0.25) is 0 Å². The van der Waals surface area contributed by atoms with Gasteiger partial charge in [-0.25, -0.2) is 8.78 Å². The van der Waals surface area contributed by atoms with Crippen LogP contribution < -0.4 is 5.32 Å². The van der Waals surface area contributed by atoms with Crippen molar-refractivity contribution in [1.29, 1.82) is 0 Å².